The summed E-state index contributed by atoms with van der Waals surface area (Å²) in [5.41, 5.74) is -0.411. The van der Waals surface area contributed by atoms with Crippen LogP contribution in [0.1, 0.15) is 70.1 Å². The molecule has 2 bridgehead atoms. The number of carbonyl (C=O) groups is 4. The van der Waals surface area contributed by atoms with E-state index in [1.807, 2.05) is 0 Å². The quantitative estimate of drug-likeness (QED) is 0.670. The monoisotopic (exact) mass is 439 g/mol. The largest absolute Gasteiger partial charge is 0.447 e. The summed E-state index contributed by atoms with van der Waals surface area (Å²) in [6.07, 6.45) is 1.46. The summed E-state index contributed by atoms with van der Waals surface area (Å²) in [7, 11) is 0. The average molecular weight is 439 g/mol. The number of ether oxygens (including phenoxy) is 1. The molecule has 3 aliphatic heterocycles. The van der Waals surface area contributed by atoms with Crippen LogP contribution in [0.4, 0.5) is 4.79 Å². The highest BCUT2D eigenvalue weighted by atomic mass is 16.7. The van der Waals surface area contributed by atoms with Gasteiger partial charge in [0.25, 0.3) is 11.8 Å². The molecule has 32 heavy (non-hydrogen) atoms. The lowest BCUT2D eigenvalue weighted by atomic mass is 9.72. The van der Waals surface area contributed by atoms with Gasteiger partial charge in [-0.1, -0.05) is 17.2 Å². The van der Waals surface area contributed by atoms with E-state index in [1.165, 1.54) is 12.1 Å². The molecule has 4 heterocycles. The van der Waals surface area contributed by atoms with Crippen LogP contribution in [-0.4, -0.2) is 57.0 Å². The standard InChI is InChI=1S/C22H21N3O7/c1-22(2,3)31-21(29)24-9-11-8-14(24)15(11)17-16(23-10-30-17)20(28)32-25-18(26)12-6-4-5-7-13(12)19(25)27/h4-7,10-11,14-15H,8-9H2,1-3H3. The van der Waals surface area contributed by atoms with Crippen LogP contribution < -0.4 is 0 Å². The van der Waals surface area contributed by atoms with Crippen LogP contribution in [0.3, 0.4) is 0 Å². The van der Waals surface area contributed by atoms with Crippen molar-refractivity contribution in [1.29, 1.82) is 0 Å². The minimum Gasteiger partial charge on any atom is -0.447 e. The Bertz CT molecular complexity index is 1110. The van der Waals surface area contributed by atoms with Gasteiger partial charge in [-0.3, -0.25) is 9.59 Å². The van der Waals surface area contributed by atoms with Gasteiger partial charge in [0.2, 0.25) is 0 Å². The van der Waals surface area contributed by atoms with E-state index in [0.717, 1.165) is 12.8 Å². The molecule has 6 rings (SSSR count). The van der Waals surface area contributed by atoms with E-state index < -0.39 is 29.5 Å². The molecule has 10 heteroatoms. The number of fused-ring (bicyclic) bond motifs is 2. The van der Waals surface area contributed by atoms with Crippen LogP contribution in [0.5, 0.6) is 0 Å². The third kappa shape index (κ3) is 3.05. The van der Waals surface area contributed by atoms with Crippen LogP contribution >= 0.6 is 0 Å². The molecule has 10 nitrogen and oxygen atoms in total. The highest BCUT2D eigenvalue weighted by Crippen LogP contribution is 2.53. The molecule has 1 aromatic carbocycles. The second-order valence-corrected chi connectivity index (χ2v) is 9.12. The number of hydrogen-bond donors (Lipinski definition) is 0. The van der Waals surface area contributed by atoms with Crippen LogP contribution in [0, 0.1) is 5.92 Å². The Morgan fingerprint density at radius 1 is 1.12 bits per heavy atom. The number of amides is 3. The number of aromatic nitrogens is 1. The molecule has 3 fully saturated rings. The number of hydrogen-bond acceptors (Lipinski definition) is 8. The third-order valence-electron chi connectivity index (χ3n) is 5.95. The van der Waals surface area contributed by atoms with Crippen molar-refractivity contribution in [1.82, 2.24) is 14.9 Å². The molecule has 1 aliphatic carbocycles. The summed E-state index contributed by atoms with van der Waals surface area (Å²) in [6.45, 7) is 5.88. The van der Waals surface area contributed by atoms with Crippen LogP contribution in [0.25, 0.3) is 0 Å². The van der Waals surface area contributed by atoms with Gasteiger partial charge in [0.15, 0.2) is 12.1 Å². The maximum atomic E-state index is 12.8. The van der Waals surface area contributed by atoms with Gasteiger partial charge in [0.1, 0.15) is 11.4 Å². The Morgan fingerprint density at radius 2 is 1.78 bits per heavy atom. The molecule has 166 valence electrons. The number of carbonyl (C=O) groups excluding carboxylic acids is 4. The van der Waals surface area contributed by atoms with Crippen molar-refractivity contribution < 1.29 is 33.2 Å². The molecule has 0 radical (unpaired) electrons. The maximum absolute atomic E-state index is 12.8. The number of hydroxylamine groups is 2. The molecule has 2 saturated heterocycles. The predicted octanol–water partition coefficient (Wildman–Crippen LogP) is 2.77. The second-order valence-electron chi connectivity index (χ2n) is 9.12. The SMILES string of the molecule is CC(C)(C)OC(=O)N1CC2CC1C2c1ocnc1C(=O)ON1C(=O)c2ccccc2C1=O. The molecular formula is C22H21N3O7. The van der Waals surface area contributed by atoms with Crippen molar-refractivity contribution in [2.24, 2.45) is 5.92 Å². The fraction of sp³-hybridized carbons (Fsp3) is 0.409. The van der Waals surface area contributed by atoms with Crippen molar-refractivity contribution in [2.45, 2.75) is 44.8 Å². The van der Waals surface area contributed by atoms with E-state index in [1.54, 1.807) is 37.8 Å². The zero-order valence-electron chi connectivity index (χ0n) is 17.7. The topological polar surface area (TPSA) is 119 Å². The van der Waals surface area contributed by atoms with Gasteiger partial charge >= 0.3 is 12.1 Å². The Balaban J connectivity index is 1.32. The van der Waals surface area contributed by atoms with Crippen LogP contribution in [0.2, 0.25) is 0 Å². The van der Waals surface area contributed by atoms with Gasteiger partial charge in [-0.2, -0.15) is 0 Å². The number of oxazole rings is 1. The first-order valence-corrected chi connectivity index (χ1v) is 10.3. The highest BCUT2D eigenvalue weighted by molar-refractivity contribution is 6.21. The van der Waals surface area contributed by atoms with Crippen molar-refractivity contribution in [3.05, 3.63) is 53.2 Å². The predicted molar refractivity (Wildman–Crippen MR) is 106 cm³/mol. The van der Waals surface area contributed by atoms with Crippen molar-refractivity contribution in [3.63, 3.8) is 0 Å². The zero-order chi connectivity index (χ0) is 22.8. The Morgan fingerprint density at radius 3 is 2.41 bits per heavy atom. The lowest BCUT2D eigenvalue weighted by Crippen LogP contribution is -2.42. The third-order valence-corrected chi connectivity index (χ3v) is 5.95. The molecule has 0 N–H and O–H groups in total. The van der Waals surface area contributed by atoms with Gasteiger partial charge in [0.05, 0.1) is 11.1 Å². The van der Waals surface area contributed by atoms with Crippen molar-refractivity contribution >= 4 is 23.9 Å². The molecule has 3 unspecified atom stereocenters. The first kappa shape index (κ1) is 20.2. The fourth-order valence-corrected chi connectivity index (χ4v) is 4.56. The van der Waals surface area contributed by atoms with Gasteiger partial charge < -0.3 is 18.9 Å². The van der Waals surface area contributed by atoms with E-state index in [-0.39, 0.29) is 40.5 Å². The number of nitrogens with zero attached hydrogens (tertiary/aromatic N) is 3. The summed E-state index contributed by atoms with van der Waals surface area (Å²) < 4.78 is 11.0. The van der Waals surface area contributed by atoms with E-state index in [0.29, 0.717) is 11.6 Å². The van der Waals surface area contributed by atoms with E-state index in [9.17, 15) is 19.2 Å². The van der Waals surface area contributed by atoms with E-state index in [4.69, 9.17) is 14.0 Å². The molecule has 1 aromatic heterocycles. The first-order valence-electron chi connectivity index (χ1n) is 10.3. The molecule has 1 saturated carbocycles. The molecule has 3 atom stereocenters. The van der Waals surface area contributed by atoms with Gasteiger partial charge in [0, 0.05) is 18.5 Å². The van der Waals surface area contributed by atoms with Crippen molar-refractivity contribution in [2.75, 3.05) is 6.54 Å². The van der Waals surface area contributed by atoms with Gasteiger partial charge in [-0.25, -0.2) is 14.6 Å². The van der Waals surface area contributed by atoms with Gasteiger partial charge in [-0.05, 0) is 45.2 Å². The molecular weight excluding hydrogens is 418 g/mol. The summed E-state index contributed by atoms with van der Waals surface area (Å²) in [6, 6.07) is 6.03. The van der Waals surface area contributed by atoms with Crippen molar-refractivity contribution in [3.8, 4) is 0 Å². The van der Waals surface area contributed by atoms with E-state index >= 15 is 0 Å². The Hall–Kier alpha value is -3.69. The normalized spacial score (nSPS) is 23.8. The Labute approximate surface area is 183 Å². The number of rotatable bonds is 3. The van der Waals surface area contributed by atoms with Gasteiger partial charge in [-0.15, -0.1) is 0 Å². The first-order chi connectivity index (χ1) is 15.2. The van der Waals surface area contributed by atoms with Crippen LogP contribution in [0.15, 0.2) is 35.1 Å². The lowest BCUT2D eigenvalue weighted by Gasteiger charge is -2.35. The summed E-state index contributed by atoms with van der Waals surface area (Å²) in [5, 5.41) is 0.438. The Kier molecular flexibility index (Phi) is 4.37. The molecule has 3 amide bonds. The summed E-state index contributed by atoms with van der Waals surface area (Å²) in [4.78, 5) is 61.0. The summed E-state index contributed by atoms with van der Waals surface area (Å²) in [5.74, 6) is -2.29. The highest BCUT2D eigenvalue weighted by Gasteiger charge is 2.57. The maximum Gasteiger partial charge on any atom is 0.410 e. The smallest absolute Gasteiger partial charge is 0.410 e. The lowest BCUT2D eigenvalue weighted by molar-refractivity contribution is -0.0590. The minimum atomic E-state index is -0.974. The number of benzene rings is 1. The molecule has 4 aliphatic rings. The average Bonchev–Trinajstić information content (AvgIpc) is 3.47. The van der Waals surface area contributed by atoms with E-state index in [2.05, 4.69) is 4.98 Å². The molecule has 2 aromatic rings. The molecule has 0 spiro atoms. The second kappa shape index (κ2) is 6.91. The number of imide groups is 1. The zero-order valence-corrected chi connectivity index (χ0v) is 17.7. The minimum absolute atomic E-state index is 0.0892. The fourth-order valence-electron chi connectivity index (χ4n) is 4.56. The van der Waals surface area contributed by atoms with Crippen LogP contribution in [-0.2, 0) is 9.57 Å². The summed E-state index contributed by atoms with van der Waals surface area (Å²) >= 11 is 0.